The zero-order chi connectivity index (χ0) is 49.8. The number of hydrogen-bond acceptors (Lipinski definition) is 3. The molecule has 0 spiro atoms. The molecule has 0 bridgehead atoms. The van der Waals surface area contributed by atoms with Crippen LogP contribution in [0.15, 0.2) is 261 Å². The summed E-state index contributed by atoms with van der Waals surface area (Å²) in [5, 5.41) is 9.46. The quantitative estimate of drug-likeness (QED) is 0.160. The smallest absolute Gasteiger partial charge is 0.164 e. The molecule has 0 saturated heterocycles. The van der Waals surface area contributed by atoms with Gasteiger partial charge in [-0.2, -0.15) is 0 Å². The fraction of sp³-hybridized carbons (Fsp3) is 0. The fourth-order valence-electron chi connectivity index (χ4n) is 12.1. The maximum Gasteiger partial charge on any atom is 0.164 e. The van der Waals surface area contributed by atoms with Crippen molar-refractivity contribution in [3.8, 4) is 56.9 Å². The molecule has 11 aromatic carbocycles. The fourth-order valence-corrected chi connectivity index (χ4v) is 12.1. The standard InChI is InChI=1S/C69H43N7/c1-6-20-44(21-7-1)67-70-68(45-22-8-2-9-23-45)72-69(71-67)46-34-38-59-55(42-46)53-37-41-62-64(66(53)75(59)49-28-14-5-15-29-49)56-43-50(35-39-60(56)74(62)48-26-12-4-13-27-48)76-57-32-18-16-30-51(57)52-36-40-61-63(65(52)76)54-31-17-19-33-58(54)73(61)47-24-10-3-11-25-47/h1-43H. The van der Waals surface area contributed by atoms with Crippen molar-refractivity contribution >= 4 is 87.2 Å². The molecule has 76 heavy (non-hydrogen) atoms. The maximum atomic E-state index is 5.17. The molecule has 16 rings (SSSR count). The van der Waals surface area contributed by atoms with Gasteiger partial charge in [-0.1, -0.05) is 164 Å². The lowest BCUT2D eigenvalue weighted by atomic mass is 10.1. The normalized spacial score (nSPS) is 11.9. The Morgan fingerprint density at radius 1 is 0.211 bits per heavy atom. The molecule has 0 saturated carbocycles. The van der Waals surface area contributed by atoms with E-state index in [1.165, 1.54) is 43.5 Å². The molecule has 0 fully saturated rings. The number of aromatic nitrogens is 7. The highest BCUT2D eigenvalue weighted by molar-refractivity contribution is 6.28. The molecular formula is C69H43N7. The maximum absolute atomic E-state index is 5.17. The van der Waals surface area contributed by atoms with Crippen LogP contribution in [-0.2, 0) is 0 Å². The van der Waals surface area contributed by atoms with E-state index >= 15 is 0 Å². The lowest BCUT2D eigenvalue weighted by Gasteiger charge is -2.11. The van der Waals surface area contributed by atoms with Gasteiger partial charge in [0.25, 0.3) is 0 Å². The van der Waals surface area contributed by atoms with Crippen molar-refractivity contribution in [1.29, 1.82) is 0 Å². The molecule has 0 atom stereocenters. The highest BCUT2D eigenvalue weighted by Crippen LogP contribution is 2.46. The first kappa shape index (κ1) is 42.2. The number of para-hydroxylation sites is 5. The molecule has 0 unspecified atom stereocenters. The summed E-state index contributed by atoms with van der Waals surface area (Å²) in [6.45, 7) is 0. The number of rotatable bonds is 7. The Labute approximate surface area is 436 Å². The summed E-state index contributed by atoms with van der Waals surface area (Å²) < 4.78 is 9.82. The monoisotopic (exact) mass is 969 g/mol. The lowest BCUT2D eigenvalue weighted by Crippen LogP contribution is -2.00. The third-order valence-electron chi connectivity index (χ3n) is 15.4. The van der Waals surface area contributed by atoms with Crippen LogP contribution in [-0.4, -0.2) is 33.2 Å². The first-order valence-electron chi connectivity index (χ1n) is 25.8. The van der Waals surface area contributed by atoms with Crippen LogP contribution in [0.1, 0.15) is 0 Å². The SMILES string of the molecule is c1ccc(-c2nc(-c3ccccc3)nc(-c3ccc4c(c3)c3ccc5c(c6cc(-n7c8ccccc8c8ccc9c(c%10ccccc%10n9-c9ccccc9)c87)ccc6n5-c5ccccc5)c3n4-c3ccccc3)n2)cc1. The molecule has 0 aliphatic carbocycles. The number of benzene rings is 11. The van der Waals surface area contributed by atoms with Gasteiger partial charge in [0.2, 0.25) is 0 Å². The van der Waals surface area contributed by atoms with Gasteiger partial charge in [-0.3, -0.25) is 0 Å². The van der Waals surface area contributed by atoms with Gasteiger partial charge < -0.3 is 18.3 Å². The molecule has 0 aliphatic rings. The molecule has 0 N–H and O–H groups in total. The van der Waals surface area contributed by atoms with Crippen molar-refractivity contribution in [3.63, 3.8) is 0 Å². The second-order valence-corrected chi connectivity index (χ2v) is 19.6. The van der Waals surface area contributed by atoms with E-state index in [1.54, 1.807) is 0 Å². The van der Waals surface area contributed by atoms with E-state index in [1.807, 2.05) is 36.4 Å². The van der Waals surface area contributed by atoms with Gasteiger partial charge in [-0.05, 0) is 97.1 Å². The molecule has 0 aliphatic heterocycles. The first-order chi connectivity index (χ1) is 37.7. The summed E-state index contributed by atoms with van der Waals surface area (Å²) in [6, 6.07) is 93.4. The second-order valence-electron chi connectivity index (χ2n) is 19.6. The van der Waals surface area contributed by atoms with Crippen molar-refractivity contribution in [3.05, 3.63) is 261 Å². The van der Waals surface area contributed by atoms with Crippen LogP contribution in [0.2, 0.25) is 0 Å². The molecule has 5 heterocycles. The summed E-state index contributed by atoms with van der Waals surface area (Å²) in [6.07, 6.45) is 0. The summed E-state index contributed by atoms with van der Waals surface area (Å²) in [7, 11) is 0. The Bertz CT molecular complexity index is 4900. The predicted molar refractivity (Wildman–Crippen MR) is 313 cm³/mol. The Kier molecular flexibility index (Phi) is 9.20. The van der Waals surface area contributed by atoms with Gasteiger partial charge in [0.1, 0.15) is 0 Å². The largest absolute Gasteiger partial charge is 0.309 e. The molecule has 7 nitrogen and oxygen atoms in total. The minimum atomic E-state index is 0.619. The van der Waals surface area contributed by atoms with E-state index in [4.69, 9.17) is 15.0 Å². The van der Waals surface area contributed by atoms with Crippen molar-refractivity contribution in [2.45, 2.75) is 0 Å². The minimum Gasteiger partial charge on any atom is -0.309 e. The summed E-state index contributed by atoms with van der Waals surface area (Å²) in [5.74, 6) is 1.88. The van der Waals surface area contributed by atoms with E-state index in [0.717, 1.165) is 83.2 Å². The first-order valence-corrected chi connectivity index (χ1v) is 25.8. The van der Waals surface area contributed by atoms with Crippen LogP contribution in [0.25, 0.3) is 144 Å². The Balaban J connectivity index is 1.01. The molecule has 0 amide bonds. The molecular weight excluding hydrogens is 927 g/mol. The molecule has 16 aromatic rings. The number of nitrogens with zero attached hydrogens (tertiary/aromatic N) is 7. The van der Waals surface area contributed by atoms with Crippen molar-refractivity contribution in [2.24, 2.45) is 0 Å². The molecule has 0 radical (unpaired) electrons. The van der Waals surface area contributed by atoms with Gasteiger partial charge in [0.05, 0.1) is 44.1 Å². The Hall–Kier alpha value is -10.4. The molecule has 7 heteroatoms. The number of fused-ring (bicyclic) bond motifs is 14. The summed E-state index contributed by atoms with van der Waals surface area (Å²) in [5.41, 5.74) is 16.4. The van der Waals surface area contributed by atoms with E-state index < -0.39 is 0 Å². The van der Waals surface area contributed by atoms with Crippen molar-refractivity contribution < 1.29 is 0 Å². The average Bonchev–Trinajstić information content (AvgIpc) is 4.32. The van der Waals surface area contributed by atoms with Crippen LogP contribution in [0.5, 0.6) is 0 Å². The predicted octanol–water partition coefficient (Wildman–Crippen LogP) is 17.3. The van der Waals surface area contributed by atoms with Crippen LogP contribution in [0, 0.1) is 0 Å². The molecule has 354 valence electrons. The third kappa shape index (κ3) is 6.26. The Morgan fingerprint density at radius 2 is 0.592 bits per heavy atom. The van der Waals surface area contributed by atoms with Crippen LogP contribution in [0.4, 0.5) is 0 Å². The lowest BCUT2D eigenvalue weighted by molar-refractivity contribution is 1.07. The van der Waals surface area contributed by atoms with Crippen molar-refractivity contribution in [1.82, 2.24) is 33.2 Å². The topological polar surface area (TPSA) is 58.4 Å². The van der Waals surface area contributed by atoms with Crippen molar-refractivity contribution in [2.75, 3.05) is 0 Å². The summed E-state index contributed by atoms with van der Waals surface area (Å²) in [4.78, 5) is 15.4. The van der Waals surface area contributed by atoms with Gasteiger partial charge in [-0.15, -0.1) is 0 Å². The highest BCUT2D eigenvalue weighted by atomic mass is 15.1. The zero-order valence-corrected chi connectivity index (χ0v) is 41.0. The highest BCUT2D eigenvalue weighted by Gasteiger charge is 2.25. The third-order valence-corrected chi connectivity index (χ3v) is 15.4. The minimum absolute atomic E-state index is 0.619. The van der Waals surface area contributed by atoms with Gasteiger partial charge in [0, 0.05) is 82.5 Å². The van der Waals surface area contributed by atoms with Gasteiger partial charge in [-0.25, -0.2) is 15.0 Å². The van der Waals surface area contributed by atoms with E-state index in [9.17, 15) is 0 Å². The second kappa shape index (κ2) is 16.6. The number of hydrogen-bond donors (Lipinski definition) is 0. The summed E-state index contributed by atoms with van der Waals surface area (Å²) >= 11 is 0. The van der Waals surface area contributed by atoms with Crippen LogP contribution < -0.4 is 0 Å². The van der Waals surface area contributed by atoms with E-state index in [0.29, 0.717) is 17.5 Å². The average molecular weight is 970 g/mol. The van der Waals surface area contributed by atoms with Gasteiger partial charge in [0.15, 0.2) is 17.5 Å². The van der Waals surface area contributed by atoms with Crippen LogP contribution >= 0.6 is 0 Å². The van der Waals surface area contributed by atoms with Gasteiger partial charge >= 0.3 is 0 Å². The molecule has 5 aromatic heterocycles. The van der Waals surface area contributed by atoms with E-state index in [-0.39, 0.29) is 0 Å². The van der Waals surface area contributed by atoms with Crippen LogP contribution in [0.3, 0.4) is 0 Å². The van der Waals surface area contributed by atoms with E-state index in [2.05, 4.69) is 243 Å². The Morgan fingerprint density at radius 3 is 1.16 bits per heavy atom. The zero-order valence-electron chi connectivity index (χ0n) is 41.0.